The van der Waals surface area contributed by atoms with Gasteiger partial charge >= 0.3 is 0 Å². The van der Waals surface area contributed by atoms with Gasteiger partial charge in [-0.05, 0) is 26.0 Å². The van der Waals surface area contributed by atoms with Gasteiger partial charge in [-0.2, -0.15) is 10.4 Å². The highest BCUT2D eigenvalue weighted by Crippen LogP contribution is 2.24. The number of halogens is 1. The maximum atomic E-state index is 13.9. The number of pyridine rings is 1. The Kier molecular flexibility index (Phi) is 3.92. The van der Waals surface area contributed by atoms with Gasteiger partial charge in [0.15, 0.2) is 0 Å². The molecular weight excluding hydrogens is 309 g/mol. The first-order valence-electron chi connectivity index (χ1n) is 7.16. The second-order valence-electron chi connectivity index (χ2n) is 5.63. The first-order chi connectivity index (χ1) is 11.5. The van der Waals surface area contributed by atoms with Crippen molar-refractivity contribution >= 4 is 5.95 Å². The molecule has 0 amide bonds. The molecule has 0 bridgehead atoms. The summed E-state index contributed by atoms with van der Waals surface area (Å²) >= 11 is 0. The normalized spacial score (nSPS) is 11.1. The number of rotatable bonds is 4. The molecule has 7 nitrogen and oxygen atoms in total. The molecule has 3 aromatic rings. The summed E-state index contributed by atoms with van der Waals surface area (Å²) < 4.78 is 15.4. The molecule has 3 rings (SSSR count). The van der Waals surface area contributed by atoms with Crippen LogP contribution in [0.5, 0.6) is 0 Å². The van der Waals surface area contributed by atoms with E-state index in [1.54, 1.807) is 38.5 Å². The second-order valence-corrected chi connectivity index (χ2v) is 5.63. The Labute approximate surface area is 137 Å². The van der Waals surface area contributed by atoms with Crippen LogP contribution in [0.3, 0.4) is 0 Å². The van der Waals surface area contributed by atoms with Crippen molar-refractivity contribution in [3.63, 3.8) is 0 Å². The van der Waals surface area contributed by atoms with E-state index in [4.69, 9.17) is 5.26 Å². The van der Waals surface area contributed by atoms with Crippen LogP contribution in [0.15, 0.2) is 43.1 Å². The third kappa shape index (κ3) is 3.05. The van der Waals surface area contributed by atoms with Crippen molar-refractivity contribution in [3.8, 4) is 11.8 Å². The average Bonchev–Trinajstić information content (AvgIpc) is 3.04. The van der Waals surface area contributed by atoms with Crippen molar-refractivity contribution in [1.29, 1.82) is 5.26 Å². The van der Waals surface area contributed by atoms with E-state index in [0.717, 1.165) is 0 Å². The van der Waals surface area contributed by atoms with Crippen molar-refractivity contribution < 1.29 is 4.39 Å². The predicted molar refractivity (Wildman–Crippen MR) is 84.7 cm³/mol. The number of hydrogen-bond acceptors (Lipinski definition) is 6. The zero-order chi connectivity index (χ0) is 17.2. The van der Waals surface area contributed by atoms with Gasteiger partial charge in [0.25, 0.3) is 0 Å². The Balaban J connectivity index is 1.81. The lowest BCUT2D eigenvalue weighted by Gasteiger charge is -2.25. The van der Waals surface area contributed by atoms with Crippen molar-refractivity contribution in [3.05, 3.63) is 60.2 Å². The van der Waals surface area contributed by atoms with E-state index in [2.05, 4.69) is 25.4 Å². The predicted octanol–water partition coefficient (Wildman–Crippen LogP) is 2.42. The fourth-order valence-electron chi connectivity index (χ4n) is 2.21. The Morgan fingerprint density at radius 1 is 1.21 bits per heavy atom. The molecule has 3 aromatic heterocycles. The van der Waals surface area contributed by atoms with Gasteiger partial charge < -0.3 is 5.32 Å². The summed E-state index contributed by atoms with van der Waals surface area (Å²) in [7, 11) is 0. The second kappa shape index (κ2) is 6.04. The smallest absolute Gasteiger partial charge is 0.223 e. The molecule has 0 unspecified atom stereocenters. The van der Waals surface area contributed by atoms with Gasteiger partial charge in [0.2, 0.25) is 5.95 Å². The van der Waals surface area contributed by atoms with Crippen LogP contribution < -0.4 is 5.32 Å². The first kappa shape index (κ1) is 15.6. The Hall–Kier alpha value is -3.34. The van der Waals surface area contributed by atoms with Crippen molar-refractivity contribution in [1.82, 2.24) is 24.7 Å². The molecule has 0 saturated heterocycles. The maximum Gasteiger partial charge on any atom is 0.223 e. The zero-order valence-corrected chi connectivity index (χ0v) is 13.1. The van der Waals surface area contributed by atoms with Crippen LogP contribution in [0.2, 0.25) is 0 Å². The van der Waals surface area contributed by atoms with E-state index < -0.39 is 11.4 Å². The van der Waals surface area contributed by atoms with E-state index in [9.17, 15) is 4.39 Å². The first-order valence-corrected chi connectivity index (χ1v) is 7.16. The fraction of sp³-hybridized carbons (Fsp3) is 0.188. The van der Waals surface area contributed by atoms with Crippen molar-refractivity contribution in [2.24, 2.45) is 0 Å². The summed E-state index contributed by atoms with van der Waals surface area (Å²) in [5.74, 6) is -0.0614. The quantitative estimate of drug-likeness (QED) is 0.792. The highest BCUT2D eigenvalue weighted by Gasteiger charge is 2.26. The summed E-state index contributed by atoms with van der Waals surface area (Å²) in [6, 6.07) is 4.91. The lowest BCUT2D eigenvalue weighted by molar-refractivity contribution is 0.510. The Morgan fingerprint density at radius 2 is 1.96 bits per heavy atom. The molecule has 0 aliphatic heterocycles. The van der Waals surface area contributed by atoms with Crippen LogP contribution in [-0.4, -0.2) is 24.7 Å². The van der Waals surface area contributed by atoms with Gasteiger partial charge in [-0.1, -0.05) is 0 Å². The Morgan fingerprint density at radius 3 is 2.58 bits per heavy atom. The van der Waals surface area contributed by atoms with Crippen LogP contribution >= 0.6 is 0 Å². The molecule has 1 N–H and O–H groups in total. The summed E-state index contributed by atoms with van der Waals surface area (Å²) in [5, 5.41) is 15.9. The maximum absolute atomic E-state index is 13.9. The third-order valence-corrected chi connectivity index (χ3v) is 3.39. The third-order valence-electron chi connectivity index (χ3n) is 3.39. The van der Waals surface area contributed by atoms with E-state index in [-0.39, 0.29) is 5.69 Å². The molecule has 0 fully saturated rings. The molecule has 120 valence electrons. The summed E-state index contributed by atoms with van der Waals surface area (Å²) in [6.07, 6.45) is 7.71. The van der Waals surface area contributed by atoms with E-state index in [0.29, 0.717) is 17.2 Å². The van der Waals surface area contributed by atoms with Gasteiger partial charge in [0, 0.05) is 12.4 Å². The summed E-state index contributed by atoms with van der Waals surface area (Å²) in [6.45, 7) is 3.59. The topological polar surface area (TPSA) is 92.3 Å². The highest BCUT2D eigenvalue weighted by atomic mass is 19.1. The van der Waals surface area contributed by atoms with Crippen LogP contribution in [-0.2, 0) is 5.54 Å². The molecule has 0 saturated carbocycles. The Bertz CT molecular complexity index is 893. The number of nitriles is 1. The number of nitrogens with zero attached hydrogens (tertiary/aromatic N) is 6. The fourth-order valence-corrected chi connectivity index (χ4v) is 2.21. The van der Waals surface area contributed by atoms with Crippen molar-refractivity contribution in [2.75, 3.05) is 5.32 Å². The molecule has 0 radical (unpaired) electrons. The molecule has 3 heterocycles. The van der Waals surface area contributed by atoms with Crippen LogP contribution in [0.1, 0.15) is 25.1 Å². The lowest BCUT2D eigenvalue weighted by atomic mass is 9.99. The van der Waals surface area contributed by atoms with Gasteiger partial charge in [0.05, 0.1) is 29.7 Å². The monoisotopic (exact) mass is 323 g/mol. The number of anilines is 1. The van der Waals surface area contributed by atoms with Crippen LogP contribution in [0.25, 0.3) is 5.69 Å². The van der Waals surface area contributed by atoms with Gasteiger partial charge in [0.1, 0.15) is 23.3 Å². The minimum atomic E-state index is -0.785. The molecule has 0 spiro atoms. The van der Waals surface area contributed by atoms with E-state index >= 15 is 0 Å². The molecule has 0 aromatic carbocycles. The molecular formula is C16H14FN7. The van der Waals surface area contributed by atoms with Crippen LogP contribution in [0, 0.1) is 17.1 Å². The summed E-state index contributed by atoms with van der Waals surface area (Å²) in [4.78, 5) is 12.5. The van der Waals surface area contributed by atoms with E-state index in [1.807, 2.05) is 6.07 Å². The minimum absolute atomic E-state index is 0.281. The summed E-state index contributed by atoms with van der Waals surface area (Å²) in [5.41, 5.74) is 0.559. The lowest BCUT2D eigenvalue weighted by Crippen LogP contribution is -2.31. The van der Waals surface area contributed by atoms with E-state index in [1.165, 1.54) is 23.1 Å². The molecule has 8 heteroatoms. The molecule has 0 aliphatic carbocycles. The van der Waals surface area contributed by atoms with Gasteiger partial charge in [-0.15, -0.1) is 0 Å². The van der Waals surface area contributed by atoms with Gasteiger partial charge in [-0.25, -0.2) is 19.0 Å². The minimum Gasteiger partial charge on any atom is -0.344 e. The van der Waals surface area contributed by atoms with Crippen LogP contribution in [0.4, 0.5) is 10.3 Å². The molecule has 0 aliphatic rings. The number of nitrogens with one attached hydrogen (secondary N) is 1. The largest absolute Gasteiger partial charge is 0.344 e. The molecule has 24 heavy (non-hydrogen) atoms. The molecule has 0 atom stereocenters. The van der Waals surface area contributed by atoms with Gasteiger partial charge in [-0.3, -0.25) is 4.98 Å². The number of hydrogen-bond donors (Lipinski definition) is 1. The van der Waals surface area contributed by atoms with Crippen molar-refractivity contribution in [2.45, 2.75) is 19.4 Å². The number of aromatic nitrogens is 5. The highest BCUT2D eigenvalue weighted by molar-refractivity contribution is 5.37. The SMILES string of the molecule is CC(C)(Nc1ncc(-n2cc(C#N)cn2)cn1)c1ncccc1F. The zero-order valence-electron chi connectivity index (χ0n) is 13.1. The standard InChI is InChI=1S/C16H14FN7/c1-16(2,14-13(17)4-3-5-19-14)23-15-20-8-12(9-21-15)24-10-11(6-18)7-22-24/h3-5,7-10H,1-2H3,(H,20,21,23). The average molecular weight is 323 g/mol.